The molecule has 0 aromatic carbocycles. The lowest BCUT2D eigenvalue weighted by Gasteiger charge is -1.98. The fourth-order valence-corrected chi connectivity index (χ4v) is 1.17. The summed E-state index contributed by atoms with van der Waals surface area (Å²) in [6.07, 6.45) is 1.64. The van der Waals surface area contributed by atoms with Crippen molar-refractivity contribution in [1.82, 2.24) is 4.57 Å². The molecule has 0 amide bonds. The second-order valence-electron chi connectivity index (χ2n) is 3.15. The second kappa shape index (κ2) is 3.95. The predicted molar refractivity (Wildman–Crippen MR) is 58.3 cm³/mol. The van der Waals surface area contributed by atoms with Gasteiger partial charge in [-0.2, -0.15) is 5.10 Å². The van der Waals surface area contributed by atoms with Crippen molar-refractivity contribution in [3.63, 3.8) is 0 Å². The number of hydrogen-bond donors (Lipinski definition) is 2. The highest BCUT2D eigenvalue weighted by molar-refractivity contribution is 5.83. The Kier molecular flexibility index (Phi) is 2.91. The average molecular weight is 193 g/mol. The van der Waals surface area contributed by atoms with Crippen LogP contribution in [0, 0.1) is 13.8 Å². The smallest absolute Gasteiger partial charge is 0.211 e. The first-order valence-electron chi connectivity index (χ1n) is 4.27. The van der Waals surface area contributed by atoms with E-state index in [1.54, 1.807) is 6.21 Å². The fraction of sp³-hybridized carbons (Fsp3) is 0.333. The van der Waals surface area contributed by atoms with Crippen LogP contribution in [0.15, 0.2) is 16.3 Å². The number of aromatic nitrogens is 1. The molecule has 0 bridgehead atoms. The lowest BCUT2D eigenvalue weighted by atomic mass is 10.3. The molecule has 0 radical (unpaired) electrons. The van der Waals surface area contributed by atoms with Crippen molar-refractivity contribution in [1.29, 1.82) is 0 Å². The van der Waals surface area contributed by atoms with Gasteiger partial charge in [-0.05, 0) is 19.9 Å². The van der Waals surface area contributed by atoms with E-state index in [1.807, 2.05) is 27.0 Å². The van der Waals surface area contributed by atoms with Gasteiger partial charge in [-0.1, -0.05) is 0 Å². The van der Waals surface area contributed by atoms with Crippen LogP contribution in [0.3, 0.4) is 0 Å². The van der Waals surface area contributed by atoms with E-state index in [0.717, 1.165) is 11.3 Å². The summed E-state index contributed by atoms with van der Waals surface area (Å²) in [5.41, 5.74) is 13.6. The van der Waals surface area contributed by atoms with Crippen molar-refractivity contribution in [3.8, 4) is 0 Å². The van der Waals surface area contributed by atoms with Crippen molar-refractivity contribution < 1.29 is 0 Å². The van der Waals surface area contributed by atoms with Gasteiger partial charge in [-0.25, -0.2) is 0 Å². The molecule has 1 heterocycles. The summed E-state index contributed by atoms with van der Waals surface area (Å²) in [4.78, 5) is 0. The number of nitrogens with zero attached hydrogens (tertiary/aromatic N) is 3. The van der Waals surface area contributed by atoms with Gasteiger partial charge >= 0.3 is 0 Å². The van der Waals surface area contributed by atoms with E-state index >= 15 is 0 Å². The van der Waals surface area contributed by atoms with Gasteiger partial charge < -0.3 is 16.0 Å². The van der Waals surface area contributed by atoms with Crippen LogP contribution < -0.4 is 11.5 Å². The summed E-state index contributed by atoms with van der Waals surface area (Å²) in [5.74, 6) is -0.0356. The maximum atomic E-state index is 5.14. The first-order chi connectivity index (χ1) is 6.52. The first-order valence-corrected chi connectivity index (χ1v) is 4.27. The van der Waals surface area contributed by atoms with Crippen LogP contribution in [-0.2, 0) is 7.05 Å². The normalized spacial score (nSPS) is 10.8. The summed E-state index contributed by atoms with van der Waals surface area (Å²) in [6, 6.07) is 2.03. The minimum atomic E-state index is -0.0356. The van der Waals surface area contributed by atoms with Crippen molar-refractivity contribution in [2.45, 2.75) is 13.8 Å². The zero-order chi connectivity index (χ0) is 10.7. The molecule has 1 aromatic rings. The van der Waals surface area contributed by atoms with Gasteiger partial charge in [-0.3, -0.25) is 0 Å². The van der Waals surface area contributed by atoms with Gasteiger partial charge in [0.1, 0.15) is 0 Å². The summed E-state index contributed by atoms with van der Waals surface area (Å²) in [6.45, 7) is 4.05. The van der Waals surface area contributed by atoms with Crippen molar-refractivity contribution in [3.05, 3.63) is 23.0 Å². The molecule has 0 unspecified atom stereocenters. The van der Waals surface area contributed by atoms with Crippen LogP contribution in [0.4, 0.5) is 0 Å². The number of aryl methyl sites for hydroxylation is 1. The van der Waals surface area contributed by atoms with Gasteiger partial charge in [0.15, 0.2) is 0 Å². The van der Waals surface area contributed by atoms with Crippen molar-refractivity contribution in [2.75, 3.05) is 0 Å². The summed E-state index contributed by atoms with van der Waals surface area (Å²) < 4.78 is 2.08. The Labute approximate surface area is 83.1 Å². The molecule has 0 fully saturated rings. The Morgan fingerprint density at radius 1 is 1.43 bits per heavy atom. The predicted octanol–water partition coefficient (Wildman–Crippen LogP) is 0.249. The molecule has 0 aliphatic carbocycles. The van der Waals surface area contributed by atoms with E-state index in [0.29, 0.717) is 0 Å². The largest absolute Gasteiger partial charge is 0.369 e. The van der Waals surface area contributed by atoms with Crippen LogP contribution in [0.2, 0.25) is 0 Å². The minimum absolute atomic E-state index is 0.0356. The molecule has 1 rings (SSSR count). The molecule has 4 N–H and O–H groups in total. The Hall–Kier alpha value is -1.78. The van der Waals surface area contributed by atoms with E-state index in [2.05, 4.69) is 14.8 Å². The average Bonchev–Trinajstić information content (AvgIpc) is 2.33. The van der Waals surface area contributed by atoms with Crippen molar-refractivity contribution >= 4 is 12.2 Å². The SMILES string of the molecule is Cc1cc(/C=N/N=C(N)N)c(C)n1C. The van der Waals surface area contributed by atoms with E-state index in [9.17, 15) is 0 Å². The maximum absolute atomic E-state index is 5.14. The molecule has 76 valence electrons. The van der Waals surface area contributed by atoms with Crippen LogP contribution in [-0.4, -0.2) is 16.7 Å². The van der Waals surface area contributed by atoms with Gasteiger partial charge in [0, 0.05) is 24.0 Å². The van der Waals surface area contributed by atoms with E-state index < -0.39 is 0 Å². The molecule has 14 heavy (non-hydrogen) atoms. The van der Waals surface area contributed by atoms with E-state index in [-0.39, 0.29) is 5.96 Å². The number of rotatable bonds is 2. The fourth-order valence-electron chi connectivity index (χ4n) is 1.17. The molecule has 0 aliphatic heterocycles. The molecule has 5 nitrogen and oxygen atoms in total. The Morgan fingerprint density at radius 3 is 2.50 bits per heavy atom. The molecule has 0 spiro atoms. The third-order valence-electron chi connectivity index (χ3n) is 2.18. The number of hydrogen-bond acceptors (Lipinski definition) is 2. The zero-order valence-corrected chi connectivity index (χ0v) is 8.65. The molecular formula is C9H15N5. The molecular weight excluding hydrogens is 178 g/mol. The molecule has 0 saturated heterocycles. The Balaban J connectivity index is 2.93. The van der Waals surface area contributed by atoms with Gasteiger partial charge in [-0.15, -0.1) is 5.10 Å². The highest BCUT2D eigenvalue weighted by atomic mass is 15.3. The van der Waals surface area contributed by atoms with Crippen LogP contribution >= 0.6 is 0 Å². The standard InChI is InChI=1S/C9H15N5/c1-6-4-8(7(2)14(6)3)5-12-13-9(10)11/h4-5H,1-3H3,(H4,10,11,13)/b12-5+. The van der Waals surface area contributed by atoms with Crippen LogP contribution in [0.5, 0.6) is 0 Å². The minimum Gasteiger partial charge on any atom is -0.369 e. The van der Waals surface area contributed by atoms with E-state index in [1.165, 1.54) is 5.69 Å². The Morgan fingerprint density at radius 2 is 2.07 bits per heavy atom. The van der Waals surface area contributed by atoms with Gasteiger partial charge in [0.05, 0.1) is 6.21 Å². The highest BCUT2D eigenvalue weighted by Gasteiger charge is 2.02. The third-order valence-corrected chi connectivity index (χ3v) is 2.18. The van der Waals surface area contributed by atoms with Gasteiger partial charge in [0.2, 0.25) is 5.96 Å². The lowest BCUT2D eigenvalue weighted by molar-refractivity contribution is 0.843. The number of guanidine groups is 1. The van der Waals surface area contributed by atoms with Crippen LogP contribution in [0.25, 0.3) is 0 Å². The first kappa shape index (κ1) is 10.3. The van der Waals surface area contributed by atoms with E-state index in [4.69, 9.17) is 11.5 Å². The summed E-state index contributed by atoms with van der Waals surface area (Å²) >= 11 is 0. The third kappa shape index (κ3) is 2.12. The molecule has 5 heteroatoms. The monoisotopic (exact) mass is 193 g/mol. The molecule has 0 saturated carbocycles. The maximum Gasteiger partial charge on any atom is 0.211 e. The highest BCUT2D eigenvalue weighted by Crippen LogP contribution is 2.10. The number of nitrogens with two attached hydrogens (primary N) is 2. The second-order valence-corrected chi connectivity index (χ2v) is 3.15. The topological polar surface area (TPSA) is 81.7 Å². The molecule has 0 aliphatic rings. The molecule has 0 atom stereocenters. The summed E-state index contributed by atoms with van der Waals surface area (Å²) in [7, 11) is 2.00. The zero-order valence-electron chi connectivity index (χ0n) is 8.65. The lowest BCUT2D eigenvalue weighted by Crippen LogP contribution is -2.21. The summed E-state index contributed by atoms with van der Waals surface area (Å²) in [5, 5.41) is 7.29. The van der Waals surface area contributed by atoms with Gasteiger partial charge in [0.25, 0.3) is 0 Å². The van der Waals surface area contributed by atoms with Crippen molar-refractivity contribution in [2.24, 2.45) is 28.7 Å². The van der Waals surface area contributed by atoms with Crippen LogP contribution in [0.1, 0.15) is 17.0 Å². The quantitative estimate of drug-likeness (QED) is 0.401. The molecule has 1 aromatic heterocycles. The Bertz CT molecular complexity index is 382.